The molecule has 0 saturated heterocycles. The lowest BCUT2D eigenvalue weighted by molar-refractivity contribution is -0.137. The molecule has 0 atom stereocenters. The Bertz CT molecular complexity index is 745. The monoisotopic (exact) mass is 323 g/mol. The summed E-state index contributed by atoms with van der Waals surface area (Å²) in [7, 11) is 0. The number of amides is 1. The van der Waals surface area contributed by atoms with Gasteiger partial charge >= 0.3 is 6.18 Å². The first-order valence-corrected chi connectivity index (χ1v) is 6.78. The molecule has 0 radical (unpaired) electrons. The number of benzene rings is 1. The molecule has 0 saturated carbocycles. The molecular weight excluding hydrogens is 315 g/mol. The number of halogens is 3. The van der Waals surface area contributed by atoms with Gasteiger partial charge in [-0.15, -0.1) is 11.3 Å². The molecule has 0 unspecified atom stereocenters. The van der Waals surface area contributed by atoms with Crippen LogP contribution in [0.15, 0.2) is 41.4 Å². The fourth-order valence-electron chi connectivity index (χ4n) is 1.63. The predicted octanol–water partition coefficient (Wildman–Crippen LogP) is 3.71. The Morgan fingerprint density at radius 3 is 2.68 bits per heavy atom. The van der Waals surface area contributed by atoms with E-state index in [1.54, 1.807) is 11.4 Å². The van der Waals surface area contributed by atoms with E-state index in [9.17, 15) is 18.0 Å². The van der Waals surface area contributed by atoms with Crippen molar-refractivity contribution in [1.29, 1.82) is 5.26 Å². The number of rotatable bonds is 3. The van der Waals surface area contributed by atoms with Gasteiger partial charge in [-0.1, -0.05) is 18.2 Å². The Hall–Kier alpha value is -2.66. The highest BCUT2D eigenvalue weighted by Gasteiger charge is 2.32. The van der Waals surface area contributed by atoms with Gasteiger partial charge in [0.1, 0.15) is 11.6 Å². The molecule has 1 amide bonds. The third kappa shape index (κ3) is 3.71. The number of hydrogen-bond acceptors (Lipinski definition) is 4. The summed E-state index contributed by atoms with van der Waals surface area (Å²) in [4.78, 5) is 15.7. The molecule has 4 nitrogen and oxygen atoms in total. The van der Waals surface area contributed by atoms with Gasteiger partial charge in [-0.2, -0.15) is 18.4 Å². The molecule has 22 heavy (non-hydrogen) atoms. The van der Waals surface area contributed by atoms with Crippen LogP contribution in [-0.4, -0.2) is 10.9 Å². The number of aromatic nitrogens is 1. The van der Waals surface area contributed by atoms with E-state index >= 15 is 0 Å². The molecule has 1 heterocycles. The molecule has 1 N–H and O–H groups in total. The summed E-state index contributed by atoms with van der Waals surface area (Å²) in [6, 6.07) is 6.32. The molecule has 0 bridgehead atoms. The third-order valence-corrected chi connectivity index (χ3v) is 3.27. The summed E-state index contributed by atoms with van der Waals surface area (Å²) in [6.45, 7) is 0. The van der Waals surface area contributed by atoms with E-state index in [1.807, 2.05) is 0 Å². The molecular formula is C14H8F3N3OS. The van der Waals surface area contributed by atoms with E-state index in [0.29, 0.717) is 0 Å². The van der Waals surface area contributed by atoms with Crippen molar-refractivity contribution in [3.8, 4) is 6.07 Å². The van der Waals surface area contributed by atoms with E-state index in [2.05, 4.69) is 10.3 Å². The lowest BCUT2D eigenvalue weighted by Gasteiger charge is -2.10. The molecule has 1 aromatic heterocycles. The summed E-state index contributed by atoms with van der Waals surface area (Å²) in [5, 5.41) is 13.2. The lowest BCUT2D eigenvalue weighted by Crippen LogP contribution is -2.14. The second-order valence-electron chi connectivity index (χ2n) is 4.05. The van der Waals surface area contributed by atoms with Gasteiger partial charge in [0.15, 0.2) is 5.13 Å². The first kappa shape index (κ1) is 15.7. The summed E-state index contributed by atoms with van der Waals surface area (Å²) in [6.07, 6.45) is -2.21. The minimum atomic E-state index is -4.57. The fraction of sp³-hybridized carbons (Fsp3) is 0.0714. The van der Waals surface area contributed by atoms with Crippen LogP contribution in [0, 0.1) is 11.3 Å². The zero-order valence-corrected chi connectivity index (χ0v) is 11.7. The molecule has 0 aliphatic heterocycles. The number of nitrogens with one attached hydrogen (secondary N) is 1. The topological polar surface area (TPSA) is 65.8 Å². The molecule has 0 aliphatic carbocycles. The van der Waals surface area contributed by atoms with Crippen LogP contribution in [0.2, 0.25) is 0 Å². The molecule has 2 aromatic rings. The van der Waals surface area contributed by atoms with E-state index in [4.69, 9.17) is 5.26 Å². The van der Waals surface area contributed by atoms with E-state index < -0.39 is 23.2 Å². The highest BCUT2D eigenvalue weighted by atomic mass is 32.1. The van der Waals surface area contributed by atoms with Gasteiger partial charge in [-0.25, -0.2) is 4.98 Å². The summed E-state index contributed by atoms with van der Waals surface area (Å²) in [5.41, 5.74) is -1.60. The average Bonchev–Trinajstić information content (AvgIpc) is 2.96. The Morgan fingerprint density at radius 1 is 1.36 bits per heavy atom. The minimum Gasteiger partial charge on any atom is -0.297 e. The van der Waals surface area contributed by atoms with E-state index in [0.717, 1.165) is 23.5 Å². The van der Waals surface area contributed by atoms with Gasteiger partial charge in [0.2, 0.25) is 0 Å². The second kappa shape index (κ2) is 6.41. The molecule has 0 aliphatic rings. The minimum absolute atomic E-state index is 0.249. The zero-order valence-electron chi connectivity index (χ0n) is 10.9. The standard InChI is InChI=1S/C14H8F3N3OS/c15-14(16,17)11-4-2-1-3-9(11)7-10(8-18)12(21)20-13-19-5-6-22-13/h1-7H,(H,19,20,21). The number of nitrogens with zero attached hydrogens (tertiary/aromatic N) is 2. The molecule has 2 rings (SSSR count). The number of alkyl halides is 3. The van der Waals surface area contributed by atoms with Crippen molar-refractivity contribution >= 4 is 28.5 Å². The van der Waals surface area contributed by atoms with Gasteiger partial charge in [-0.3, -0.25) is 10.1 Å². The van der Waals surface area contributed by atoms with Gasteiger partial charge in [0.05, 0.1) is 5.56 Å². The first-order chi connectivity index (χ1) is 10.4. The first-order valence-electron chi connectivity index (χ1n) is 5.90. The van der Waals surface area contributed by atoms with Crippen LogP contribution in [0.25, 0.3) is 6.08 Å². The molecule has 8 heteroatoms. The Balaban J connectivity index is 2.34. The lowest BCUT2D eigenvalue weighted by atomic mass is 10.0. The number of carbonyl (C=O) groups is 1. The smallest absolute Gasteiger partial charge is 0.297 e. The fourth-order valence-corrected chi connectivity index (χ4v) is 2.16. The summed E-state index contributed by atoms with van der Waals surface area (Å²) in [5.74, 6) is -0.811. The van der Waals surface area contributed by atoms with Crippen molar-refractivity contribution in [3.05, 3.63) is 52.5 Å². The highest BCUT2D eigenvalue weighted by Crippen LogP contribution is 2.32. The quantitative estimate of drug-likeness (QED) is 0.692. The van der Waals surface area contributed by atoms with Crippen molar-refractivity contribution in [2.75, 3.05) is 5.32 Å². The molecule has 1 aromatic carbocycles. The number of carbonyl (C=O) groups excluding carboxylic acids is 1. The molecule has 112 valence electrons. The highest BCUT2D eigenvalue weighted by molar-refractivity contribution is 7.13. The van der Waals surface area contributed by atoms with Gasteiger partial charge in [0, 0.05) is 11.6 Å². The van der Waals surface area contributed by atoms with Gasteiger partial charge in [0.25, 0.3) is 5.91 Å². The van der Waals surface area contributed by atoms with Crippen molar-refractivity contribution < 1.29 is 18.0 Å². The molecule has 0 spiro atoms. The van der Waals surface area contributed by atoms with Crippen molar-refractivity contribution in [1.82, 2.24) is 4.98 Å². The third-order valence-electron chi connectivity index (χ3n) is 2.58. The molecule has 0 fully saturated rings. The SMILES string of the molecule is N#CC(=Cc1ccccc1C(F)(F)F)C(=O)Nc1nccs1. The Labute approximate surface area is 127 Å². The van der Waals surface area contributed by atoms with Crippen LogP contribution in [0.4, 0.5) is 18.3 Å². The Kier molecular flexibility index (Phi) is 4.58. The maximum atomic E-state index is 12.9. The number of hydrogen-bond donors (Lipinski definition) is 1. The predicted molar refractivity (Wildman–Crippen MR) is 75.8 cm³/mol. The normalized spacial score (nSPS) is 11.8. The Morgan fingerprint density at radius 2 is 2.09 bits per heavy atom. The number of thiazole rings is 1. The maximum Gasteiger partial charge on any atom is 0.416 e. The number of nitriles is 1. The largest absolute Gasteiger partial charge is 0.416 e. The van der Waals surface area contributed by atoms with E-state index in [-0.39, 0.29) is 10.7 Å². The van der Waals surface area contributed by atoms with Crippen molar-refractivity contribution in [2.24, 2.45) is 0 Å². The van der Waals surface area contributed by atoms with Crippen molar-refractivity contribution in [2.45, 2.75) is 6.18 Å². The van der Waals surface area contributed by atoms with Crippen LogP contribution >= 0.6 is 11.3 Å². The van der Waals surface area contributed by atoms with Crippen molar-refractivity contribution in [3.63, 3.8) is 0 Å². The van der Waals surface area contributed by atoms with Gasteiger partial charge < -0.3 is 0 Å². The van der Waals surface area contributed by atoms with Crippen LogP contribution in [0.3, 0.4) is 0 Å². The van der Waals surface area contributed by atoms with Crippen LogP contribution in [-0.2, 0) is 11.0 Å². The van der Waals surface area contributed by atoms with E-state index in [1.165, 1.54) is 24.4 Å². The van der Waals surface area contributed by atoms with Crippen LogP contribution < -0.4 is 5.32 Å². The summed E-state index contributed by atoms with van der Waals surface area (Å²) >= 11 is 1.13. The zero-order chi connectivity index (χ0) is 16.2. The van der Waals surface area contributed by atoms with Crippen LogP contribution in [0.1, 0.15) is 11.1 Å². The maximum absolute atomic E-state index is 12.9. The average molecular weight is 323 g/mol. The second-order valence-corrected chi connectivity index (χ2v) is 4.94. The number of anilines is 1. The summed E-state index contributed by atoms with van der Waals surface area (Å²) < 4.78 is 38.7. The van der Waals surface area contributed by atoms with Crippen LogP contribution in [0.5, 0.6) is 0 Å². The van der Waals surface area contributed by atoms with Gasteiger partial charge in [-0.05, 0) is 17.7 Å².